The summed E-state index contributed by atoms with van der Waals surface area (Å²) in [5.41, 5.74) is 7.23. The molecule has 0 saturated carbocycles. The van der Waals surface area contributed by atoms with Crippen molar-refractivity contribution in [3.63, 3.8) is 0 Å². The summed E-state index contributed by atoms with van der Waals surface area (Å²) < 4.78 is 0. The third-order valence-electron chi connectivity index (χ3n) is 4.13. The van der Waals surface area contributed by atoms with E-state index in [1.54, 1.807) is 0 Å². The maximum Gasteiger partial charge on any atom is 0.00989 e. The first kappa shape index (κ1) is 13.0. The maximum absolute atomic E-state index is 6.90. The van der Waals surface area contributed by atoms with Crippen molar-refractivity contribution in [3.05, 3.63) is 65.6 Å². The van der Waals surface area contributed by atoms with Crippen LogP contribution in [0, 0.1) is 12.3 Å². The summed E-state index contributed by atoms with van der Waals surface area (Å²) in [6, 6.07) is 15.7. The summed E-state index contributed by atoms with van der Waals surface area (Å²) >= 11 is 0. The Labute approximate surface area is 121 Å². The van der Waals surface area contributed by atoms with Crippen molar-refractivity contribution in [3.8, 4) is 17.0 Å². The minimum atomic E-state index is 0.805. The lowest BCUT2D eigenvalue weighted by Crippen LogP contribution is -1.89. The van der Waals surface area contributed by atoms with Crippen LogP contribution in [0.5, 0.6) is 0 Å². The fourth-order valence-electron chi connectivity index (χ4n) is 3.07. The number of rotatable bonds is 5. The molecule has 1 aliphatic rings. The molecular weight excluding hydrogens is 240 g/mol. The van der Waals surface area contributed by atoms with Crippen molar-refractivity contribution in [2.75, 3.05) is 0 Å². The molecule has 0 aromatic heterocycles. The third-order valence-corrected chi connectivity index (χ3v) is 4.13. The van der Waals surface area contributed by atoms with Crippen LogP contribution >= 0.6 is 0 Å². The first-order valence-electron chi connectivity index (χ1n) is 7.48. The summed E-state index contributed by atoms with van der Waals surface area (Å²) in [6.45, 7) is 0. The molecule has 0 N–H and O–H groups in total. The van der Waals surface area contributed by atoms with E-state index in [2.05, 4.69) is 48.4 Å². The predicted molar refractivity (Wildman–Crippen MR) is 84.0 cm³/mol. The molecule has 1 radical (unpaired) electrons. The number of unbranched alkanes of at least 4 members (excludes halogenated alkanes) is 3. The summed E-state index contributed by atoms with van der Waals surface area (Å²) in [5.74, 6) is 2.46. The van der Waals surface area contributed by atoms with Gasteiger partial charge in [-0.3, -0.25) is 0 Å². The maximum atomic E-state index is 6.90. The van der Waals surface area contributed by atoms with Crippen molar-refractivity contribution in [1.29, 1.82) is 0 Å². The first-order valence-corrected chi connectivity index (χ1v) is 7.48. The Kier molecular flexibility index (Phi) is 3.88. The standard InChI is InChI=1S/C20H19/c1-2-3-4-5-6-9-16-12-13-20-18(14-16)15-17-10-7-8-11-19(17)20/h7-8,10-14H,3-6,9,15H2. The molecule has 2 aromatic carbocycles. The molecule has 1 aliphatic carbocycles. The summed E-state index contributed by atoms with van der Waals surface area (Å²) in [5, 5.41) is 0. The topological polar surface area (TPSA) is 0 Å². The van der Waals surface area contributed by atoms with Gasteiger partial charge in [-0.2, -0.15) is 0 Å². The van der Waals surface area contributed by atoms with Crippen LogP contribution in [0.2, 0.25) is 0 Å². The van der Waals surface area contributed by atoms with Crippen LogP contribution in [0.15, 0.2) is 42.5 Å². The summed E-state index contributed by atoms with van der Waals surface area (Å²) in [6.07, 6.45) is 13.5. The highest BCUT2D eigenvalue weighted by atomic mass is 14.2. The zero-order chi connectivity index (χ0) is 13.8. The van der Waals surface area contributed by atoms with Gasteiger partial charge in [-0.25, -0.2) is 0 Å². The van der Waals surface area contributed by atoms with Gasteiger partial charge in [0.05, 0.1) is 0 Å². The Morgan fingerprint density at radius 1 is 0.900 bits per heavy atom. The second kappa shape index (κ2) is 5.97. The number of aryl methyl sites for hydroxylation is 1. The van der Waals surface area contributed by atoms with Gasteiger partial charge < -0.3 is 0 Å². The smallest absolute Gasteiger partial charge is 0.00989 e. The van der Waals surface area contributed by atoms with Gasteiger partial charge in [-0.05, 0) is 59.9 Å². The molecule has 0 aliphatic heterocycles. The number of fused-ring (bicyclic) bond motifs is 3. The molecule has 0 bridgehead atoms. The lowest BCUT2D eigenvalue weighted by molar-refractivity contribution is 0.692. The molecule has 2 aromatic rings. The Morgan fingerprint density at radius 2 is 1.75 bits per heavy atom. The van der Waals surface area contributed by atoms with Gasteiger partial charge in [0, 0.05) is 6.42 Å². The molecule has 0 heterocycles. The van der Waals surface area contributed by atoms with E-state index in [9.17, 15) is 0 Å². The lowest BCUT2D eigenvalue weighted by atomic mass is 10.00. The van der Waals surface area contributed by atoms with Crippen molar-refractivity contribution >= 4 is 0 Å². The van der Waals surface area contributed by atoms with Crippen LogP contribution in [-0.4, -0.2) is 0 Å². The lowest BCUT2D eigenvalue weighted by Gasteiger charge is -2.05. The minimum absolute atomic E-state index is 0.805. The monoisotopic (exact) mass is 259 g/mol. The van der Waals surface area contributed by atoms with E-state index in [0.717, 1.165) is 25.7 Å². The molecule has 99 valence electrons. The van der Waals surface area contributed by atoms with Crippen LogP contribution in [0.25, 0.3) is 11.1 Å². The molecule has 3 rings (SSSR count). The van der Waals surface area contributed by atoms with Crippen molar-refractivity contribution < 1.29 is 0 Å². The number of hydrogen-bond donors (Lipinski definition) is 0. The summed E-state index contributed by atoms with van der Waals surface area (Å²) in [4.78, 5) is 0. The van der Waals surface area contributed by atoms with E-state index in [0.29, 0.717) is 0 Å². The Balaban J connectivity index is 1.67. The first-order chi connectivity index (χ1) is 9.88. The van der Waals surface area contributed by atoms with Crippen molar-refractivity contribution in [1.82, 2.24) is 0 Å². The molecular formula is C20H19. The van der Waals surface area contributed by atoms with Gasteiger partial charge in [0.2, 0.25) is 0 Å². The van der Waals surface area contributed by atoms with Gasteiger partial charge in [-0.1, -0.05) is 54.8 Å². The largest absolute Gasteiger partial charge is 0.0891 e. The molecule has 0 saturated heterocycles. The number of benzene rings is 2. The average Bonchev–Trinajstić information content (AvgIpc) is 2.84. The van der Waals surface area contributed by atoms with E-state index in [4.69, 9.17) is 6.42 Å². The van der Waals surface area contributed by atoms with Crippen LogP contribution < -0.4 is 0 Å². The highest BCUT2D eigenvalue weighted by Crippen LogP contribution is 2.36. The highest BCUT2D eigenvalue weighted by molar-refractivity contribution is 5.76. The zero-order valence-corrected chi connectivity index (χ0v) is 11.8. The van der Waals surface area contributed by atoms with Gasteiger partial charge in [-0.15, -0.1) is 0 Å². The number of hydrogen-bond acceptors (Lipinski definition) is 0. The Hall–Kier alpha value is -2.00. The predicted octanol–water partition coefficient (Wildman–Crippen LogP) is 4.95. The van der Waals surface area contributed by atoms with Gasteiger partial charge in [0.25, 0.3) is 0 Å². The molecule has 0 fully saturated rings. The van der Waals surface area contributed by atoms with Crippen LogP contribution in [0.3, 0.4) is 0 Å². The van der Waals surface area contributed by atoms with E-state index in [-0.39, 0.29) is 0 Å². The Morgan fingerprint density at radius 3 is 2.65 bits per heavy atom. The third kappa shape index (κ3) is 2.63. The molecule has 0 heteroatoms. The molecule has 0 spiro atoms. The molecule has 0 atom stereocenters. The SMILES string of the molecule is [C]#CCCCCCc1ccc2c(c1)Cc1ccccc1-2. The molecule has 0 nitrogen and oxygen atoms in total. The second-order valence-electron chi connectivity index (χ2n) is 5.56. The van der Waals surface area contributed by atoms with Gasteiger partial charge >= 0.3 is 0 Å². The highest BCUT2D eigenvalue weighted by Gasteiger charge is 2.17. The minimum Gasteiger partial charge on any atom is -0.0891 e. The Bertz CT molecular complexity index is 643. The molecule has 0 amide bonds. The molecule has 20 heavy (non-hydrogen) atoms. The van der Waals surface area contributed by atoms with E-state index in [1.807, 2.05) is 0 Å². The normalized spacial score (nSPS) is 11.8. The van der Waals surface area contributed by atoms with Gasteiger partial charge in [0.1, 0.15) is 0 Å². The van der Waals surface area contributed by atoms with E-state index < -0.39 is 0 Å². The second-order valence-corrected chi connectivity index (χ2v) is 5.56. The average molecular weight is 259 g/mol. The van der Waals surface area contributed by atoms with Crippen LogP contribution in [-0.2, 0) is 12.8 Å². The van der Waals surface area contributed by atoms with Crippen molar-refractivity contribution in [2.24, 2.45) is 0 Å². The fraction of sp³-hybridized carbons (Fsp3) is 0.300. The van der Waals surface area contributed by atoms with E-state index in [1.165, 1.54) is 40.7 Å². The van der Waals surface area contributed by atoms with Gasteiger partial charge in [0.15, 0.2) is 0 Å². The quantitative estimate of drug-likeness (QED) is 0.449. The van der Waals surface area contributed by atoms with E-state index >= 15 is 0 Å². The summed E-state index contributed by atoms with van der Waals surface area (Å²) in [7, 11) is 0. The molecule has 0 unspecified atom stereocenters. The zero-order valence-electron chi connectivity index (χ0n) is 11.8. The van der Waals surface area contributed by atoms with Crippen LogP contribution in [0.4, 0.5) is 0 Å². The van der Waals surface area contributed by atoms with Crippen molar-refractivity contribution in [2.45, 2.75) is 38.5 Å². The fourth-order valence-corrected chi connectivity index (χ4v) is 3.07. The van der Waals surface area contributed by atoms with Crippen LogP contribution in [0.1, 0.15) is 42.4 Å².